The van der Waals surface area contributed by atoms with Gasteiger partial charge < -0.3 is 18.6 Å². The van der Waals surface area contributed by atoms with Crippen molar-refractivity contribution in [3.63, 3.8) is 0 Å². The molecule has 1 aromatic heterocycles. The van der Waals surface area contributed by atoms with Gasteiger partial charge in [0.2, 0.25) is 0 Å². The number of esters is 1. The number of ether oxygens (including phenoxy) is 3. The molecular formula is C21H18O6. The Morgan fingerprint density at radius 1 is 0.926 bits per heavy atom. The zero-order chi connectivity index (χ0) is 18.6. The van der Waals surface area contributed by atoms with Crippen LogP contribution in [0.15, 0.2) is 52.9 Å². The summed E-state index contributed by atoms with van der Waals surface area (Å²) in [4.78, 5) is 24.2. The van der Waals surface area contributed by atoms with E-state index >= 15 is 0 Å². The molecule has 0 saturated carbocycles. The quantitative estimate of drug-likeness (QED) is 0.486. The monoisotopic (exact) mass is 366 g/mol. The Hall–Kier alpha value is -3.28. The molecule has 1 aliphatic rings. The maximum atomic E-state index is 12.3. The van der Waals surface area contributed by atoms with Crippen LogP contribution in [0.4, 0.5) is 0 Å². The number of rotatable bonds is 6. The number of hydrogen-bond acceptors (Lipinski definition) is 6. The number of benzene rings is 2. The molecule has 0 bridgehead atoms. The number of furan rings is 1. The zero-order valence-corrected chi connectivity index (χ0v) is 14.6. The lowest BCUT2D eigenvalue weighted by Crippen LogP contribution is -2.16. The van der Waals surface area contributed by atoms with Crippen LogP contribution >= 0.6 is 0 Å². The Balaban J connectivity index is 1.29. The number of fused-ring (bicyclic) bond motifs is 2. The Morgan fingerprint density at radius 3 is 2.59 bits per heavy atom. The van der Waals surface area contributed by atoms with Crippen LogP contribution < -0.4 is 9.47 Å². The maximum Gasteiger partial charge on any atom is 0.306 e. The molecule has 6 nitrogen and oxygen atoms in total. The van der Waals surface area contributed by atoms with Crippen LogP contribution in [0.2, 0.25) is 0 Å². The molecule has 4 rings (SSSR count). The molecule has 0 atom stereocenters. The fourth-order valence-electron chi connectivity index (χ4n) is 2.91. The SMILES string of the molecule is O=C(CCC(=O)c1ccc2c(c1)OCCO2)OCc1cc2ccccc2o1. The summed E-state index contributed by atoms with van der Waals surface area (Å²) in [6, 6.07) is 14.4. The lowest BCUT2D eigenvalue weighted by Gasteiger charge is -2.18. The molecule has 0 N–H and O–H groups in total. The molecular weight excluding hydrogens is 348 g/mol. The summed E-state index contributed by atoms with van der Waals surface area (Å²) in [6.07, 6.45) is 0.0755. The van der Waals surface area contributed by atoms with Crippen LogP contribution in [0.3, 0.4) is 0 Å². The van der Waals surface area contributed by atoms with Gasteiger partial charge in [0, 0.05) is 17.4 Å². The van der Waals surface area contributed by atoms with E-state index in [0.717, 1.165) is 11.0 Å². The molecule has 27 heavy (non-hydrogen) atoms. The maximum absolute atomic E-state index is 12.3. The van der Waals surface area contributed by atoms with E-state index in [-0.39, 0.29) is 25.2 Å². The first kappa shape index (κ1) is 17.1. The molecule has 1 aliphatic heterocycles. The summed E-state index contributed by atoms with van der Waals surface area (Å²) in [6.45, 7) is 1.00. The van der Waals surface area contributed by atoms with E-state index in [1.807, 2.05) is 30.3 Å². The molecule has 0 fully saturated rings. The van der Waals surface area contributed by atoms with E-state index in [2.05, 4.69) is 0 Å². The number of para-hydroxylation sites is 1. The van der Waals surface area contributed by atoms with E-state index < -0.39 is 5.97 Å². The number of hydrogen-bond donors (Lipinski definition) is 0. The Bertz CT molecular complexity index is 954. The van der Waals surface area contributed by atoms with Crippen molar-refractivity contribution in [2.24, 2.45) is 0 Å². The topological polar surface area (TPSA) is 75.0 Å². The van der Waals surface area contributed by atoms with Crippen LogP contribution in [-0.2, 0) is 16.1 Å². The summed E-state index contributed by atoms with van der Waals surface area (Å²) in [5.41, 5.74) is 1.24. The Labute approximate surface area is 155 Å². The first-order chi connectivity index (χ1) is 13.2. The van der Waals surface area contributed by atoms with Crippen LogP contribution in [0.25, 0.3) is 11.0 Å². The second-order valence-electron chi connectivity index (χ2n) is 6.19. The van der Waals surface area contributed by atoms with Gasteiger partial charge in [-0.05, 0) is 30.3 Å². The predicted molar refractivity (Wildman–Crippen MR) is 97.0 cm³/mol. The molecule has 0 saturated heterocycles. The molecule has 2 aromatic carbocycles. The van der Waals surface area contributed by atoms with Crippen molar-refractivity contribution in [1.29, 1.82) is 0 Å². The summed E-state index contributed by atoms with van der Waals surface area (Å²) in [5, 5.41) is 0.956. The molecule has 3 aromatic rings. The first-order valence-corrected chi connectivity index (χ1v) is 8.75. The van der Waals surface area contributed by atoms with E-state index in [9.17, 15) is 9.59 Å². The minimum atomic E-state index is -0.443. The normalized spacial score (nSPS) is 12.7. The van der Waals surface area contributed by atoms with Gasteiger partial charge in [0.15, 0.2) is 17.3 Å². The van der Waals surface area contributed by atoms with Crippen molar-refractivity contribution in [3.05, 3.63) is 59.9 Å². The second-order valence-corrected chi connectivity index (χ2v) is 6.19. The van der Waals surface area contributed by atoms with Crippen molar-refractivity contribution in [3.8, 4) is 11.5 Å². The van der Waals surface area contributed by atoms with E-state index in [1.165, 1.54) is 0 Å². The van der Waals surface area contributed by atoms with Gasteiger partial charge in [0.25, 0.3) is 0 Å². The molecule has 0 spiro atoms. The lowest BCUT2D eigenvalue weighted by atomic mass is 10.1. The third kappa shape index (κ3) is 3.95. The number of carbonyl (C=O) groups excluding carboxylic acids is 2. The van der Waals surface area contributed by atoms with Crippen molar-refractivity contribution < 1.29 is 28.2 Å². The molecule has 2 heterocycles. The highest BCUT2D eigenvalue weighted by Crippen LogP contribution is 2.31. The minimum absolute atomic E-state index is 0.00744. The number of Topliss-reactive ketones (excluding diaryl/α,β-unsaturated/α-hetero) is 1. The summed E-state index contributed by atoms with van der Waals surface area (Å²) >= 11 is 0. The van der Waals surface area contributed by atoms with Gasteiger partial charge in [-0.2, -0.15) is 0 Å². The van der Waals surface area contributed by atoms with Gasteiger partial charge in [0.05, 0.1) is 6.42 Å². The third-order valence-electron chi connectivity index (χ3n) is 4.27. The van der Waals surface area contributed by atoms with Crippen LogP contribution in [0.1, 0.15) is 29.0 Å². The third-order valence-corrected chi connectivity index (χ3v) is 4.27. The van der Waals surface area contributed by atoms with Crippen molar-refractivity contribution in [2.75, 3.05) is 13.2 Å². The van der Waals surface area contributed by atoms with Crippen LogP contribution in [0.5, 0.6) is 11.5 Å². The second kappa shape index (κ2) is 7.53. The highest BCUT2D eigenvalue weighted by molar-refractivity contribution is 5.98. The highest BCUT2D eigenvalue weighted by atomic mass is 16.6. The summed E-state index contributed by atoms with van der Waals surface area (Å²) < 4.78 is 21.7. The van der Waals surface area contributed by atoms with Gasteiger partial charge in [-0.3, -0.25) is 9.59 Å². The summed E-state index contributed by atoms with van der Waals surface area (Å²) in [5.74, 6) is 1.17. The Morgan fingerprint density at radius 2 is 1.74 bits per heavy atom. The largest absolute Gasteiger partial charge is 0.486 e. The van der Waals surface area contributed by atoms with Gasteiger partial charge in [0.1, 0.15) is 31.2 Å². The number of carbonyl (C=O) groups is 2. The highest BCUT2D eigenvalue weighted by Gasteiger charge is 2.16. The number of ketones is 1. The first-order valence-electron chi connectivity index (χ1n) is 8.75. The standard InChI is InChI=1S/C21H18O6/c22-17(14-5-7-19-20(12-14)25-10-9-24-19)6-8-21(23)26-13-16-11-15-3-1-2-4-18(15)27-16/h1-5,7,11-12H,6,8-10,13H2. The van der Waals surface area contributed by atoms with Crippen molar-refractivity contribution >= 4 is 22.7 Å². The predicted octanol–water partition coefficient (Wildman–Crippen LogP) is 3.91. The minimum Gasteiger partial charge on any atom is -0.486 e. The Kier molecular flexibility index (Phi) is 4.78. The molecule has 138 valence electrons. The van der Waals surface area contributed by atoms with Crippen LogP contribution in [0, 0.1) is 0 Å². The average Bonchev–Trinajstić information content (AvgIpc) is 3.13. The summed E-state index contributed by atoms with van der Waals surface area (Å²) in [7, 11) is 0. The molecule has 0 radical (unpaired) electrons. The van der Waals surface area contributed by atoms with E-state index in [1.54, 1.807) is 18.2 Å². The lowest BCUT2D eigenvalue weighted by molar-refractivity contribution is -0.145. The van der Waals surface area contributed by atoms with E-state index in [0.29, 0.717) is 36.0 Å². The van der Waals surface area contributed by atoms with Gasteiger partial charge in [-0.15, -0.1) is 0 Å². The van der Waals surface area contributed by atoms with Gasteiger partial charge >= 0.3 is 5.97 Å². The average molecular weight is 366 g/mol. The van der Waals surface area contributed by atoms with Crippen LogP contribution in [-0.4, -0.2) is 25.0 Å². The molecule has 0 unspecified atom stereocenters. The van der Waals surface area contributed by atoms with Crippen molar-refractivity contribution in [2.45, 2.75) is 19.4 Å². The van der Waals surface area contributed by atoms with Gasteiger partial charge in [-0.1, -0.05) is 18.2 Å². The van der Waals surface area contributed by atoms with Gasteiger partial charge in [-0.25, -0.2) is 0 Å². The molecule has 0 aliphatic carbocycles. The van der Waals surface area contributed by atoms with Crippen molar-refractivity contribution in [1.82, 2.24) is 0 Å². The molecule has 6 heteroatoms. The smallest absolute Gasteiger partial charge is 0.306 e. The van der Waals surface area contributed by atoms with E-state index in [4.69, 9.17) is 18.6 Å². The fraction of sp³-hybridized carbons (Fsp3) is 0.238. The molecule has 0 amide bonds. The fourth-order valence-corrected chi connectivity index (χ4v) is 2.91. The zero-order valence-electron chi connectivity index (χ0n) is 14.6.